The van der Waals surface area contributed by atoms with E-state index in [0.717, 1.165) is 12.1 Å². The Hall–Kier alpha value is -1.01. The number of halogens is 2. The van der Waals surface area contributed by atoms with Crippen LogP contribution in [0.2, 0.25) is 0 Å². The Morgan fingerprint density at radius 2 is 1.62 bits per heavy atom. The predicted octanol–water partition coefficient (Wildman–Crippen LogP) is 0.00849. The molecule has 0 unspecified atom stereocenters. The molecule has 0 radical (unpaired) electrons. The van der Waals surface area contributed by atoms with Crippen molar-refractivity contribution in [2.45, 2.75) is 4.90 Å². The normalized spacial score (nSPS) is 11.6. The highest BCUT2D eigenvalue weighted by molar-refractivity contribution is 7.84. The van der Waals surface area contributed by atoms with E-state index in [2.05, 4.69) is 7.05 Å². The van der Waals surface area contributed by atoms with Crippen LogP contribution in [-0.4, -0.2) is 8.42 Å². The Morgan fingerprint density at radius 1 is 1.15 bits per heavy atom. The molecular weight excluding hydrogens is 200 g/mol. The highest BCUT2D eigenvalue weighted by Gasteiger charge is 2.14. The summed E-state index contributed by atoms with van der Waals surface area (Å²) in [7, 11) is -0.724. The maximum absolute atomic E-state index is 12.6. The van der Waals surface area contributed by atoms with Gasteiger partial charge >= 0.3 is 0 Å². The molecule has 1 rings (SSSR count). The Balaban J connectivity index is 3.32. The summed E-state index contributed by atoms with van der Waals surface area (Å²) in [6.07, 6.45) is 0. The summed E-state index contributed by atoms with van der Waals surface area (Å²) < 4.78 is 47.9. The summed E-state index contributed by atoms with van der Waals surface area (Å²) in [5.74, 6) is -1.86. The molecule has 3 nitrogen and oxygen atoms in total. The molecule has 0 amide bonds. The standard InChI is InChI=1S/C7H7F2NO2S/c1-10-13(11,12)7-3-5(8)2-6(9)4-7/h2-4H,1,10H2. The van der Waals surface area contributed by atoms with Crippen LogP contribution < -0.4 is 4.72 Å². The van der Waals surface area contributed by atoms with Crippen molar-refractivity contribution in [3.8, 4) is 0 Å². The molecule has 2 N–H and O–H groups in total. The van der Waals surface area contributed by atoms with E-state index < -0.39 is 26.6 Å². The van der Waals surface area contributed by atoms with Crippen molar-refractivity contribution in [1.82, 2.24) is 0 Å². The molecule has 1 aromatic rings. The second-order valence-electron chi connectivity index (χ2n) is 2.32. The summed E-state index contributed by atoms with van der Waals surface area (Å²) in [4.78, 5) is -0.431. The first-order valence-corrected chi connectivity index (χ1v) is 4.84. The van der Waals surface area contributed by atoms with Gasteiger partial charge in [-0.3, -0.25) is 0 Å². The zero-order valence-electron chi connectivity index (χ0n) is 6.50. The zero-order chi connectivity index (χ0) is 10.1. The van der Waals surface area contributed by atoms with Crippen LogP contribution in [0, 0.1) is 18.7 Å². The Morgan fingerprint density at radius 3 is 2.00 bits per heavy atom. The monoisotopic (exact) mass is 207 g/mol. The summed E-state index contributed by atoms with van der Waals surface area (Å²) in [5, 5.41) is 0. The fraction of sp³-hybridized carbons (Fsp3) is 0. The summed E-state index contributed by atoms with van der Waals surface area (Å²) >= 11 is 0. The summed E-state index contributed by atoms with van der Waals surface area (Å²) in [6.45, 7) is 0. The van der Waals surface area contributed by atoms with Gasteiger partial charge < -0.3 is 4.72 Å². The van der Waals surface area contributed by atoms with Crippen LogP contribution in [0.15, 0.2) is 23.1 Å². The summed E-state index contributed by atoms with van der Waals surface area (Å²) in [6, 6.07) is 2.07. The first-order valence-electron chi connectivity index (χ1n) is 3.29. The molecule has 0 aliphatic rings. The van der Waals surface area contributed by atoms with Crippen LogP contribution in [0.25, 0.3) is 0 Å². The van der Waals surface area contributed by atoms with Gasteiger partial charge in [0.1, 0.15) is 16.5 Å². The molecule has 0 aromatic heterocycles. The molecule has 0 bridgehead atoms. The lowest BCUT2D eigenvalue weighted by molar-refractivity contribution is -0.424. The van der Waals surface area contributed by atoms with E-state index in [-0.39, 0.29) is 0 Å². The molecule has 72 valence electrons. The van der Waals surface area contributed by atoms with Gasteiger partial charge in [-0.25, -0.2) is 8.78 Å². The van der Waals surface area contributed by atoms with Gasteiger partial charge in [-0.2, -0.15) is 8.42 Å². The SMILES string of the molecule is [CH2-][NH2+]S(=O)(=O)c1cc(F)cc(F)c1. The van der Waals surface area contributed by atoms with Crippen molar-refractivity contribution in [3.63, 3.8) is 0 Å². The van der Waals surface area contributed by atoms with Crippen molar-refractivity contribution >= 4 is 10.0 Å². The fourth-order valence-electron chi connectivity index (χ4n) is 0.789. The number of rotatable bonds is 2. The zero-order valence-corrected chi connectivity index (χ0v) is 7.31. The van der Waals surface area contributed by atoms with Gasteiger partial charge in [-0.1, -0.05) is 0 Å². The van der Waals surface area contributed by atoms with Crippen LogP contribution in [0.4, 0.5) is 8.78 Å². The largest absolute Gasteiger partial charge is 0.367 e. The Bertz CT molecular complexity index is 396. The van der Waals surface area contributed by atoms with Crippen molar-refractivity contribution in [2.75, 3.05) is 0 Å². The van der Waals surface area contributed by atoms with E-state index in [9.17, 15) is 17.2 Å². The molecule has 0 fully saturated rings. The molecule has 1 aromatic carbocycles. The van der Waals surface area contributed by atoms with Gasteiger partial charge in [-0.05, 0) is 12.1 Å². The molecule has 0 atom stereocenters. The van der Waals surface area contributed by atoms with Crippen LogP contribution in [0.3, 0.4) is 0 Å². The fourth-order valence-corrected chi connectivity index (χ4v) is 1.54. The Kier molecular flexibility index (Phi) is 2.63. The minimum atomic E-state index is -3.76. The third kappa shape index (κ3) is 2.22. The van der Waals surface area contributed by atoms with Gasteiger partial charge in [0.05, 0.1) is 0 Å². The molecule has 0 saturated carbocycles. The van der Waals surface area contributed by atoms with Gasteiger partial charge in [-0.15, -0.1) is 7.05 Å². The molecule has 0 aliphatic carbocycles. The Labute approximate surface area is 74.4 Å². The van der Waals surface area contributed by atoms with Crippen molar-refractivity contribution in [2.24, 2.45) is 0 Å². The van der Waals surface area contributed by atoms with E-state index in [4.69, 9.17) is 0 Å². The van der Waals surface area contributed by atoms with Crippen LogP contribution in [0.5, 0.6) is 0 Å². The molecule has 0 saturated heterocycles. The summed E-state index contributed by atoms with van der Waals surface area (Å²) in [5.41, 5.74) is 0. The third-order valence-corrected chi connectivity index (χ3v) is 2.72. The second kappa shape index (κ2) is 3.39. The lowest BCUT2D eigenvalue weighted by Crippen LogP contribution is -2.80. The van der Waals surface area contributed by atoms with Gasteiger partial charge in [0, 0.05) is 6.07 Å². The second-order valence-corrected chi connectivity index (χ2v) is 4.21. The number of primary sulfonamides is 1. The molecule has 0 spiro atoms. The molecule has 0 heterocycles. The third-order valence-electron chi connectivity index (χ3n) is 1.38. The highest BCUT2D eigenvalue weighted by Crippen LogP contribution is 2.10. The van der Waals surface area contributed by atoms with E-state index in [0.29, 0.717) is 10.8 Å². The van der Waals surface area contributed by atoms with Crippen LogP contribution in [0.1, 0.15) is 0 Å². The number of hydrogen-bond acceptors (Lipinski definition) is 2. The molecular formula is C7H7F2NO2S. The molecule has 13 heavy (non-hydrogen) atoms. The smallest absolute Gasteiger partial charge is 0.299 e. The average molecular weight is 207 g/mol. The van der Waals surface area contributed by atoms with Crippen molar-refractivity contribution in [1.29, 1.82) is 0 Å². The lowest BCUT2D eigenvalue weighted by atomic mass is 10.3. The van der Waals surface area contributed by atoms with Gasteiger partial charge in [0.2, 0.25) is 0 Å². The maximum Gasteiger partial charge on any atom is 0.299 e. The number of sulfonamides is 1. The minimum absolute atomic E-state index is 0.431. The maximum atomic E-state index is 12.6. The minimum Gasteiger partial charge on any atom is -0.367 e. The highest BCUT2D eigenvalue weighted by atomic mass is 32.2. The first kappa shape index (κ1) is 10.1. The number of nitrogens with two attached hydrogens (primary N) is 1. The number of hydrogen-bond donors (Lipinski definition) is 1. The van der Waals surface area contributed by atoms with Gasteiger partial charge in [0.25, 0.3) is 10.0 Å². The quantitative estimate of drug-likeness (QED) is 0.694. The molecule has 6 heteroatoms. The predicted molar refractivity (Wildman–Crippen MR) is 40.8 cm³/mol. The number of benzene rings is 1. The van der Waals surface area contributed by atoms with E-state index in [1.165, 1.54) is 0 Å². The topological polar surface area (TPSA) is 50.8 Å². The molecule has 0 aliphatic heterocycles. The van der Waals surface area contributed by atoms with Crippen LogP contribution in [-0.2, 0) is 10.0 Å². The van der Waals surface area contributed by atoms with E-state index >= 15 is 0 Å². The first-order chi connectivity index (χ1) is 5.95. The lowest BCUT2D eigenvalue weighted by Gasteiger charge is -2.02. The van der Waals surface area contributed by atoms with E-state index in [1.807, 2.05) is 0 Å². The van der Waals surface area contributed by atoms with E-state index in [1.54, 1.807) is 0 Å². The van der Waals surface area contributed by atoms with Crippen molar-refractivity contribution < 1.29 is 21.9 Å². The van der Waals surface area contributed by atoms with Gasteiger partial charge in [0.15, 0.2) is 0 Å². The van der Waals surface area contributed by atoms with Crippen LogP contribution >= 0.6 is 0 Å². The average Bonchev–Trinajstić information content (AvgIpc) is 2.02. The number of quaternary nitrogens is 1. The van der Waals surface area contributed by atoms with Crippen molar-refractivity contribution in [3.05, 3.63) is 36.9 Å².